The van der Waals surface area contributed by atoms with E-state index in [0.717, 1.165) is 32.1 Å². The van der Waals surface area contributed by atoms with Gasteiger partial charge in [0.2, 0.25) is 5.91 Å². The number of aliphatic hydroxyl groups is 1. The predicted molar refractivity (Wildman–Crippen MR) is 212 cm³/mol. The van der Waals surface area contributed by atoms with Gasteiger partial charge in [0, 0.05) is 12.8 Å². The fourth-order valence-electron chi connectivity index (χ4n) is 6.44. The maximum atomic E-state index is 11.8. The number of carbonyl (C=O) groups is 3. The summed E-state index contributed by atoms with van der Waals surface area (Å²) in [5.74, 6) is -2.55. The second kappa shape index (κ2) is 41.8. The van der Waals surface area contributed by atoms with Gasteiger partial charge >= 0.3 is 11.9 Å². The molecule has 0 fully saturated rings. The van der Waals surface area contributed by atoms with Crippen LogP contribution in [-0.4, -0.2) is 45.3 Å². The van der Waals surface area contributed by atoms with Crippen molar-refractivity contribution in [1.82, 2.24) is 5.32 Å². The Kier molecular flexibility index (Phi) is 42.2. The average Bonchev–Trinajstić information content (AvgIpc) is 3.09. The SMILES string of the molecule is CCCCCCCCCCCC(O)CCCCCCCC.CCCCCCCCCCCCCCCCCC(=O)N[C@@H](CCC(=O)O)C(=O)O. The van der Waals surface area contributed by atoms with Crippen LogP contribution >= 0.6 is 0 Å². The molecule has 1 amide bonds. The number of aliphatic carboxylic acids is 2. The molecule has 0 aromatic carbocycles. The van der Waals surface area contributed by atoms with Crippen LogP contribution in [0.25, 0.3) is 0 Å². The van der Waals surface area contributed by atoms with Crippen molar-refractivity contribution in [3.63, 3.8) is 0 Å². The third-order valence-corrected chi connectivity index (χ3v) is 9.82. The van der Waals surface area contributed by atoms with E-state index in [9.17, 15) is 19.5 Å². The fraction of sp³-hybridized carbons (Fsp3) is 0.930. The van der Waals surface area contributed by atoms with Crippen LogP contribution in [0.3, 0.4) is 0 Å². The molecule has 0 aliphatic rings. The Hall–Kier alpha value is -1.63. The summed E-state index contributed by atoms with van der Waals surface area (Å²) in [4.78, 5) is 33.4. The molecule has 7 heteroatoms. The van der Waals surface area contributed by atoms with Gasteiger partial charge in [-0.1, -0.05) is 207 Å². The van der Waals surface area contributed by atoms with Crippen LogP contribution in [0, 0.1) is 0 Å². The molecule has 298 valence electrons. The van der Waals surface area contributed by atoms with E-state index in [1.807, 2.05) is 0 Å². The van der Waals surface area contributed by atoms with E-state index in [1.54, 1.807) is 0 Å². The minimum atomic E-state index is -1.18. The van der Waals surface area contributed by atoms with Crippen molar-refractivity contribution in [3.05, 3.63) is 0 Å². The molecule has 0 aromatic rings. The summed E-state index contributed by atoms with van der Waals surface area (Å²) in [6.07, 6.45) is 41.1. The van der Waals surface area contributed by atoms with Crippen molar-refractivity contribution in [2.75, 3.05) is 0 Å². The standard InChI is InChI=1S/C23H43NO5.C20H42O/c1-2-3-4-5-6-7-8-9-10-11-12-13-14-15-16-17-21(25)24-20(23(28)29)18-19-22(26)27;1-3-5-7-9-11-12-13-15-17-19-20(21)18-16-14-10-8-6-4-2/h20H,2-19H2,1H3,(H,24,25)(H,26,27)(H,28,29);20-21H,3-19H2,1-2H3/t20-;/m0./s1. The molecule has 0 spiro atoms. The van der Waals surface area contributed by atoms with Crippen molar-refractivity contribution >= 4 is 17.8 Å². The number of rotatable bonds is 38. The summed E-state index contributed by atoms with van der Waals surface area (Å²) in [5, 5.41) is 30.0. The minimum Gasteiger partial charge on any atom is -0.481 e. The van der Waals surface area contributed by atoms with E-state index < -0.39 is 18.0 Å². The van der Waals surface area contributed by atoms with Crippen LogP contribution < -0.4 is 5.32 Å². The Balaban J connectivity index is 0. The van der Waals surface area contributed by atoms with Gasteiger partial charge in [0.15, 0.2) is 0 Å². The molecule has 0 rings (SSSR count). The van der Waals surface area contributed by atoms with E-state index >= 15 is 0 Å². The van der Waals surface area contributed by atoms with Crippen LogP contribution in [0.4, 0.5) is 0 Å². The second-order valence-corrected chi connectivity index (χ2v) is 14.9. The second-order valence-electron chi connectivity index (χ2n) is 14.9. The van der Waals surface area contributed by atoms with Gasteiger partial charge in [-0.05, 0) is 25.7 Å². The first-order valence-corrected chi connectivity index (χ1v) is 21.7. The number of hydrogen-bond acceptors (Lipinski definition) is 4. The zero-order valence-electron chi connectivity index (χ0n) is 33.5. The smallest absolute Gasteiger partial charge is 0.326 e. The molecular weight excluding hydrogens is 626 g/mol. The van der Waals surface area contributed by atoms with Crippen molar-refractivity contribution in [2.24, 2.45) is 0 Å². The minimum absolute atomic E-state index is 0.0271. The van der Waals surface area contributed by atoms with Crippen LogP contribution in [0.5, 0.6) is 0 Å². The lowest BCUT2D eigenvalue weighted by atomic mass is 10.0. The third kappa shape index (κ3) is 42.5. The van der Waals surface area contributed by atoms with Gasteiger partial charge in [-0.25, -0.2) is 4.79 Å². The summed E-state index contributed by atoms with van der Waals surface area (Å²) < 4.78 is 0. The Labute approximate surface area is 309 Å². The molecule has 0 aromatic heterocycles. The summed E-state index contributed by atoms with van der Waals surface area (Å²) >= 11 is 0. The van der Waals surface area contributed by atoms with Gasteiger partial charge < -0.3 is 20.6 Å². The van der Waals surface area contributed by atoms with Crippen molar-refractivity contribution < 1.29 is 29.7 Å². The highest BCUT2D eigenvalue weighted by atomic mass is 16.4. The van der Waals surface area contributed by atoms with Crippen LogP contribution in [-0.2, 0) is 14.4 Å². The molecule has 0 saturated carbocycles. The fourth-order valence-corrected chi connectivity index (χ4v) is 6.44. The average molecular weight is 712 g/mol. The summed E-state index contributed by atoms with van der Waals surface area (Å²) in [7, 11) is 0. The highest BCUT2D eigenvalue weighted by Crippen LogP contribution is 2.16. The molecular formula is C43H85NO6. The monoisotopic (exact) mass is 712 g/mol. The Morgan fingerprint density at radius 1 is 0.420 bits per heavy atom. The van der Waals surface area contributed by atoms with Crippen LogP contribution in [0.1, 0.15) is 245 Å². The normalized spacial score (nSPS) is 12.2. The Bertz CT molecular complexity index is 730. The van der Waals surface area contributed by atoms with E-state index in [4.69, 9.17) is 10.2 Å². The lowest BCUT2D eigenvalue weighted by molar-refractivity contribution is -0.143. The predicted octanol–water partition coefficient (Wildman–Crippen LogP) is 12.7. The van der Waals surface area contributed by atoms with Crippen molar-refractivity contribution in [3.8, 4) is 0 Å². The number of nitrogens with one attached hydrogen (secondary N) is 1. The van der Waals surface area contributed by atoms with E-state index in [1.165, 1.54) is 173 Å². The zero-order valence-corrected chi connectivity index (χ0v) is 33.5. The maximum absolute atomic E-state index is 11.8. The van der Waals surface area contributed by atoms with Gasteiger partial charge in [0.25, 0.3) is 0 Å². The molecule has 0 radical (unpaired) electrons. The third-order valence-electron chi connectivity index (χ3n) is 9.82. The van der Waals surface area contributed by atoms with Crippen molar-refractivity contribution in [1.29, 1.82) is 0 Å². The first kappa shape index (κ1) is 50.5. The maximum Gasteiger partial charge on any atom is 0.326 e. The van der Waals surface area contributed by atoms with E-state index in [-0.39, 0.29) is 24.9 Å². The van der Waals surface area contributed by atoms with Crippen LogP contribution in [0.2, 0.25) is 0 Å². The number of carboxylic acid groups (broad SMARTS) is 2. The molecule has 1 unspecified atom stereocenters. The highest BCUT2D eigenvalue weighted by Gasteiger charge is 2.20. The summed E-state index contributed by atoms with van der Waals surface area (Å²) in [6.45, 7) is 6.78. The Morgan fingerprint density at radius 3 is 1.02 bits per heavy atom. The molecule has 0 bridgehead atoms. The molecule has 50 heavy (non-hydrogen) atoms. The number of carbonyl (C=O) groups excluding carboxylic acids is 1. The zero-order chi connectivity index (χ0) is 37.3. The summed E-state index contributed by atoms with van der Waals surface area (Å²) in [5.41, 5.74) is 0. The first-order valence-electron chi connectivity index (χ1n) is 21.7. The number of carboxylic acids is 2. The van der Waals surface area contributed by atoms with Gasteiger partial charge in [-0.3, -0.25) is 9.59 Å². The molecule has 0 aliphatic heterocycles. The topological polar surface area (TPSA) is 124 Å². The molecule has 7 nitrogen and oxygen atoms in total. The van der Waals surface area contributed by atoms with E-state index in [0.29, 0.717) is 6.42 Å². The first-order chi connectivity index (χ1) is 24.3. The molecule has 2 atom stereocenters. The Morgan fingerprint density at radius 2 is 0.720 bits per heavy atom. The molecule has 4 N–H and O–H groups in total. The largest absolute Gasteiger partial charge is 0.481 e. The number of amides is 1. The highest BCUT2D eigenvalue weighted by molar-refractivity contribution is 5.83. The molecule has 0 aliphatic carbocycles. The molecule has 0 heterocycles. The van der Waals surface area contributed by atoms with Gasteiger partial charge in [0.05, 0.1) is 6.10 Å². The number of hydrogen-bond donors (Lipinski definition) is 4. The van der Waals surface area contributed by atoms with E-state index in [2.05, 4.69) is 26.1 Å². The van der Waals surface area contributed by atoms with Crippen molar-refractivity contribution in [2.45, 2.75) is 258 Å². The van der Waals surface area contributed by atoms with Gasteiger partial charge in [0.1, 0.15) is 6.04 Å². The quantitative estimate of drug-likeness (QED) is 0.0473. The lowest BCUT2D eigenvalue weighted by Crippen LogP contribution is -2.41. The van der Waals surface area contributed by atoms with Gasteiger partial charge in [-0.2, -0.15) is 0 Å². The molecule has 0 saturated heterocycles. The van der Waals surface area contributed by atoms with Gasteiger partial charge in [-0.15, -0.1) is 0 Å². The number of unbranched alkanes of at least 4 members (excludes halogenated alkanes) is 27. The number of aliphatic hydroxyl groups excluding tert-OH is 1. The van der Waals surface area contributed by atoms with Crippen LogP contribution in [0.15, 0.2) is 0 Å². The lowest BCUT2D eigenvalue weighted by Gasteiger charge is -2.13. The summed E-state index contributed by atoms with van der Waals surface area (Å²) in [6, 6.07) is -1.12.